The van der Waals surface area contributed by atoms with Gasteiger partial charge in [0.1, 0.15) is 0 Å². The van der Waals surface area contributed by atoms with Crippen molar-refractivity contribution < 1.29 is 4.79 Å². The van der Waals surface area contributed by atoms with E-state index in [2.05, 4.69) is 20.8 Å². The van der Waals surface area contributed by atoms with Gasteiger partial charge in [-0.2, -0.15) is 4.68 Å². The Morgan fingerprint density at radius 1 is 1.12 bits per heavy atom. The van der Waals surface area contributed by atoms with Crippen LogP contribution in [0.15, 0.2) is 47.6 Å². The standard InChI is InChI=1S/C18H19N5OS/c1-12-6-4-9-15(10-12)19-16(24)11-25-18-20-21-22-23(18)17-13(2)7-5-8-14(17)3/h4-10H,11H2,1-3H3,(H,19,24). The average Bonchev–Trinajstić information content (AvgIpc) is 3.01. The second-order valence-electron chi connectivity index (χ2n) is 5.82. The number of aromatic nitrogens is 4. The Labute approximate surface area is 150 Å². The van der Waals surface area contributed by atoms with Gasteiger partial charge in [0.25, 0.3) is 0 Å². The number of anilines is 1. The first kappa shape index (κ1) is 17.2. The summed E-state index contributed by atoms with van der Waals surface area (Å²) in [5, 5.41) is 15.4. The summed E-state index contributed by atoms with van der Waals surface area (Å²) in [5.74, 6) is 0.144. The fourth-order valence-electron chi connectivity index (χ4n) is 2.60. The minimum absolute atomic E-state index is 0.0911. The molecule has 0 aliphatic carbocycles. The summed E-state index contributed by atoms with van der Waals surface area (Å²) in [5.41, 5.74) is 5.01. The molecule has 6 nitrogen and oxygen atoms in total. The molecule has 1 aromatic heterocycles. The van der Waals surface area contributed by atoms with E-state index < -0.39 is 0 Å². The molecule has 0 aliphatic rings. The zero-order valence-corrected chi connectivity index (χ0v) is 15.2. The molecular formula is C18H19N5OS. The van der Waals surface area contributed by atoms with Gasteiger partial charge in [-0.05, 0) is 60.0 Å². The van der Waals surface area contributed by atoms with E-state index in [9.17, 15) is 4.79 Å². The van der Waals surface area contributed by atoms with Gasteiger partial charge in [-0.3, -0.25) is 4.79 Å². The topological polar surface area (TPSA) is 72.7 Å². The van der Waals surface area contributed by atoms with Crippen LogP contribution in [-0.4, -0.2) is 31.9 Å². The number of thioether (sulfide) groups is 1. The number of nitrogens with one attached hydrogen (secondary N) is 1. The maximum Gasteiger partial charge on any atom is 0.234 e. The highest BCUT2D eigenvalue weighted by atomic mass is 32.2. The van der Waals surface area contributed by atoms with Gasteiger partial charge >= 0.3 is 0 Å². The van der Waals surface area contributed by atoms with Crippen molar-refractivity contribution in [2.45, 2.75) is 25.9 Å². The summed E-state index contributed by atoms with van der Waals surface area (Å²) in [6, 6.07) is 13.7. The molecule has 0 unspecified atom stereocenters. The van der Waals surface area contributed by atoms with Crippen LogP contribution in [0.3, 0.4) is 0 Å². The summed E-state index contributed by atoms with van der Waals surface area (Å²) < 4.78 is 1.69. The molecule has 0 aliphatic heterocycles. The average molecular weight is 353 g/mol. The monoisotopic (exact) mass is 353 g/mol. The Balaban J connectivity index is 1.71. The third-order valence-corrected chi connectivity index (χ3v) is 4.65. The van der Waals surface area contributed by atoms with Gasteiger partial charge in [-0.15, -0.1) is 5.10 Å². The molecule has 25 heavy (non-hydrogen) atoms. The molecule has 0 atom stereocenters. The van der Waals surface area contributed by atoms with Crippen molar-refractivity contribution in [1.29, 1.82) is 0 Å². The zero-order chi connectivity index (χ0) is 17.8. The molecule has 2 aromatic carbocycles. The number of carbonyl (C=O) groups is 1. The first-order valence-electron chi connectivity index (χ1n) is 7.89. The quantitative estimate of drug-likeness (QED) is 0.713. The van der Waals surface area contributed by atoms with Crippen molar-refractivity contribution in [2.75, 3.05) is 11.1 Å². The fourth-order valence-corrected chi connectivity index (χ4v) is 3.28. The molecule has 0 saturated heterocycles. The summed E-state index contributed by atoms with van der Waals surface area (Å²) in [6.07, 6.45) is 0. The molecule has 128 valence electrons. The van der Waals surface area contributed by atoms with Crippen LogP contribution < -0.4 is 5.32 Å². The molecule has 0 fully saturated rings. The lowest BCUT2D eigenvalue weighted by Crippen LogP contribution is -2.14. The van der Waals surface area contributed by atoms with Crippen LogP contribution in [0, 0.1) is 20.8 Å². The molecule has 0 radical (unpaired) electrons. The fraction of sp³-hybridized carbons (Fsp3) is 0.222. The molecule has 0 spiro atoms. The number of hydrogen-bond acceptors (Lipinski definition) is 5. The van der Waals surface area contributed by atoms with Crippen molar-refractivity contribution in [3.63, 3.8) is 0 Å². The van der Waals surface area contributed by atoms with Crippen LogP contribution in [0.1, 0.15) is 16.7 Å². The Kier molecular flexibility index (Phi) is 5.14. The van der Waals surface area contributed by atoms with E-state index in [4.69, 9.17) is 0 Å². The number of rotatable bonds is 5. The number of carbonyl (C=O) groups excluding carboxylic acids is 1. The third-order valence-electron chi connectivity index (χ3n) is 3.73. The van der Waals surface area contributed by atoms with Crippen LogP contribution in [0.5, 0.6) is 0 Å². The summed E-state index contributed by atoms with van der Waals surface area (Å²) in [4.78, 5) is 12.2. The summed E-state index contributed by atoms with van der Waals surface area (Å²) >= 11 is 1.31. The van der Waals surface area contributed by atoms with Crippen LogP contribution in [0.2, 0.25) is 0 Å². The normalized spacial score (nSPS) is 10.7. The van der Waals surface area contributed by atoms with Gasteiger partial charge in [0.05, 0.1) is 11.4 Å². The van der Waals surface area contributed by atoms with Gasteiger partial charge in [0.2, 0.25) is 11.1 Å². The predicted octanol–water partition coefficient (Wildman–Crippen LogP) is 3.32. The highest BCUT2D eigenvalue weighted by Crippen LogP contribution is 2.23. The van der Waals surface area contributed by atoms with E-state index in [1.165, 1.54) is 11.8 Å². The first-order chi connectivity index (χ1) is 12.0. The Morgan fingerprint density at radius 3 is 2.56 bits per heavy atom. The van der Waals surface area contributed by atoms with Crippen molar-refractivity contribution >= 4 is 23.4 Å². The van der Waals surface area contributed by atoms with Crippen LogP contribution in [0.25, 0.3) is 5.69 Å². The number of aryl methyl sites for hydroxylation is 3. The van der Waals surface area contributed by atoms with Gasteiger partial charge < -0.3 is 5.32 Å². The minimum Gasteiger partial charge on any atom is -0.325 e. The van der Waals surface area contributed by atoms with E-state index in [1.807, 2.05) is 63.2 Å². The Bertz CT molecular complexity index is 886. The molecule has 0 saturated carbocycles. The van der Waals surface area contributed by atoms with E-state index in [0.29, 0.717) is 5.16 Å². The molecule has 1 N–H and O–H groups in total. The van der Waals surface area contributed by atoms with Crippen molar-refractivity contribution in [2.24, 2.45) is 0 Å². The lowest BCUT2D eigenvalue weighted by molar-refractivity contribution is -0.113. The van der Waals surface area contributed by atoms with Crippen LogP contribution >= 0.6 is 11.8 Å². The smallest absolute Gasteiger partial charge is 0.234 e. The molecule has 3 aromatic rings. The van der Waals surface area contributed by atoms with Crippen molar-refractivity contribution in [3.8, 4) is 5.69 Å². The number of hydrogen-bond donors (Lipinski definition) is 1. The van der Waals surface area contributed by atoms with E-state index >= 15 is 0 Å². The highest BCUT2D eigenvalue weighted by Gasteiger charge is 2.14. The Morgan fingerprint density at radius 2 is 1.84 bits per heavy atom. The minimum atomic E-state index is -0.0911. The number of amides is 1. The number of tetrazole rings is 1. The predicted molar refractivity (Wildman–Crippen MR) is 99.2 cm³/mol. The van der Waals surface area contributed by atoms with Crippen LogP contribution in [-0.2, 0) is 4.79 Å². The van der Waals surface area contributed by atoms with Crippen LogP contribution in [0.4, 0.5) is 5.69 Å². The van der Waals surface area contributed by atoms with Crippen molar-refractivity contribution in [3.05, 3.63) is 59.2 Å². The van der Waals surface area contributed by atoms with Gasteiger partial charge in [-0.25, -0.2) is 0 Å². The second kappa shape index (κ2) is 7.48. The lowest BCUT2D eigenvalue weighted by atomic mass is 10.1. The van der Waals surface area contributed by atoms with E-state index in [1.54, 1.807) is 4.68 Å². The van der Waals surface area contributed by atoms with E-state index in [0.717, 1.165) is 28.1 Å². The SMILES string of the molecule is Cc1cccc(NC(=O)CSc2nnnn2-c2c(C)cccc2C)c1. The van der Waals surface area contributed by atoms with Gasteiger partial charge in [0, 0.05) is 5.69 Å². The third kappa shape index (κ3) is 4.06. The van der Waals surface area contributed by atoms with Gasteiger partial charge in [-0.1, -0.05) is 42.1 Å². The van der Waals surface area contributed by atoms with Crippen molar-refractivity contribution in [1.82, 2.24) is 20.2 Å². The molecule has 3 rings (SSSR count). The molecular weight excluding hydrogens is 334 g/mol. The maximum atomic E-state index is 12.2. The molecule has 7 heteroatoms. The summed E-state index contributed by atoms with van der Waals surface area (Å²) in [7, 11) is 0. The number of para-hydroxylation sites is 1. The Hall–Kier alpha value is -2.67. The summed E-state index contributed by atoms with van der Waals surface area (Å²) in [6.45, 7) is 6.02. The zero-order valence-electron chi connectivity index (χ0n) is 14.4. The number of nitrogens with zero attached hydrogens (tertiary/aromatic N) is 4. The molecule has 1 heterocycles. The highest BCUT2D eigenvalue weighted by molar-refractivity contribution is 7.99. The lowest BCUT2D eigenvalue weighted by Gasteiger charge is -2.10. The first-order valence-corrected chi connectivity index (χ1v) is 8.87. The van der Waals surface area contributed by atoms with E-state index in [-0.39, 0.29) is 11.7 Å². The second-order valence-corrected chi connectivity index (χ2v) is 6.76. The van der Waals surface area contributed by atoms with Gasteiger partial charge in [0.15, 0.2) is 0 Å². The number of benzene rings is 2. The molecule has 0 bridgehead atoms. The maximum absolute atomic E-state index is 12.2. The molecule has 1 amide bonds. The largest absolute Gasteiger partial charge is 0.325 e.